The highest BCUT2D eigenvalue weighted by Gasteiger charge is 2.35. The zero-order valence-electron chi connectivity index (χ0n) is 24.8. The fourth-order valence-electron chi connectivity index (χ4n) is 5.09. The Kier molecular flexibility index (Phi) is 10.3. The first-order valence-electron chi connectivity index (χ1n) is 14.6. The molecule has 11 heteroatoms. The molecule has 4 aromatic rings. The second kappa shape index (κ2) is 14.5. The lowest BCUT2D eigenvalue weighted by Crippen LogP contribution is -2.53. The number of amides is 2. The lowest BCUT2D eigenvalue weighted by atomic mass is 10.0. The molecule has 0 radical (unpaired) electrons. The molecule has 1 aliphatic rings. The summed E-state index contributed by atoms with van der Waals surface area (Å²) in [5.41, 5.74) is 1.67. The molecular weight excluding hydrogens is 614 g/mol. The molecule has 45 heavy (non-hydrogen) atoms. The predicted molar refractivity (Wildman–Crippen MR) is 173 cm³/mol. The number of hydrogen-bond donors (Lipinski definition) is 1. The van der Waals surface area contributed by atoms with E-state index >= 15 is 0 Å². The van der Waals surface area contributed by atoms with E-state index in [0.717, 1.165) is 9.87 Å². The van der Waals surface area contributed by atoms with E-state index in [1.807, 2.05) is 30.3 Å². The van der Waals surface area contributed by atoms with Gasteiger partial charge in [0, 0.05) is 30.6 Å². The summed E-state index contributed by atoms with van der Waals surface area (Å²) in [6.45, 7) is 2.22. The van der Waals surface area contributed by atoms with Crippen molar-refractivity contribution in [3.8, 4) is 11.5 Å². The maximum Gasteiger partial charge on any atom is 0.264 e. The van der Waals surface area contributed by atoms with E-state index in [2.05, 4.69) is 5.32 Å². The maximum atomic E-state index is 14.5. The number of nitrogens with zero attached hydrogens (tertiary/aromatic N) is 2. The molecule has 9 nitrogen and oxygen atoms in total. The monoisotopic (exact) mass is 647 g/mol. The molecule has 0 saturated heterocycles. The van der Waals surface area contributed by atoms with Gasteiger partial charge in [-0.2, -0.15) is 0 Å². The summed E-state index contributed by atoms with van der Waals surface area (Å²) >= 11 is 6.53. The minimum absolute atomic E-state index is 0.00917. The highest BCUT2D eigenvalue weighted by Crippen LogP contribution is 2.36. The molecule has 0 bridgehead atoms. The van der Waals surface area contributed by atoms with Crippen molar-refractivity contribution in [2.24, 2.45) is 0 Å². The number of benzene rings is 4. The van der Waals surface area contributed by atoms with Crippen LogP contribution in [0.25, 0.3) is 0 Å². The Labute approximate surface area is 268 Å². The van der Waals surface area contributed by atoms with Gasteiger partial charge in [-0.3, -0.25) is 13.9 Å². The standard InChI is InChI=1S/C34H34ClN3O6S/c1-2-36-34(40)30(21-25-11-5-3-6-12-25)37(23-26-13-9-10-16-29(26)35)33(39)24-38(45(41,42)28-14-7-4-8-15-28)27-17-18-31-32(22-27)44-20-19-43-31/h3-18,22,30H,2,19-21,23-24H2,1H3,(H,36,40). The van der Waals surface area contributed by atoms with Crippen molar-refractivity contribution in [3.63, 3.8) is 0 Å². The van der Waals surface area contributed by atoms with Crippen molar-refractivity contribution in [3.05, 3.63) is 119 Å². The highest BCUT2D eigenvalue weighted by molar-refractivity contribution is 7.92. The van der Waals surface area contributed by atoms with Gasteiger partial charge in [0.1, 0.15) is 25.8 Å². The second-order valence-electron chi connectivity index (χ2n) is 10.4. The first-order valence-corrected chi connectivity index (χ1v) is 16.4. The molecule has 0 saturated carbocycles. The highest BCUT2D eigenvalue weighted by atomic mass is 35.5. The first-order chi connectivity index (χ1) is 21.8. The molecule has 5 rings (SSSR count). The molecular formula is C34H34ClN3O6S. The topological polar surface area (TPSA) is 105 Å². The zero-order chi connectivity index (χ0) is 31.8. The average Bonchev–Trinajstić information content (AvgIpc) is 3.06. The van der Waals surface area contributed by atoms with Gasteiger partial charge in [0.2, 0.25) is 11.8 Å². The maximum absolute atomic E-state index is 14.5. The summed E-state index contributed by atoms with van der Waals surface area (Å²) in [7, 11) is -4.24. The number of halogens is 1. The smallest absolute Gasteiger partial charge is 0.264 e. The second-order valence-corrected chi connectivity index (χ2v) is 12.6. The molecule has 1 N–H and O–H groups in total. The molecule has 1 atom stereocenters. The van der Waals surface area contributed by atoms with E-state index in [4.69, 9.17) is 21.1 Å². The SMILES string of the molecule is CCNC(=O)C(Cc1ccccc1)N(Cc1ccccc1Cl)C(=O)CN(c1ccc2c(c1)OCCO2)S(=O)(=O)c1ccccc1. The van der Waals surface area contributed by atoms with Crippen LogP contribution in [0.4, 0.5) is 5.69 Å². The molecule has 0 aliphatic carbocycles. The number of rotatable bonds is 12. The Morgan fingerprint density at radius 2 is 1.51 bits per heavy atom. The number of carbonyl (C=O) groups excluding carboxylic acids is 2. The van der Waals surface area contributed by atoms with Gasteiger partial charge in [-0.25, -0.2) is 8.42 Å². The molecule has 2 amide bonds. The Bertz CT molecular complexity index is 1740. The molecule has 4 aromatic carbocycles. The van der Waals surface area contributed by atoms with Crippen LogP contribution in [0.15, 0.2) is 108 Å². The minimum atomic E-state index is -4.24. The number of nitrogens with one attached hydrogen (secondary N) is 1. The van der Waals surface area contributed by atoms with E-state index in [0.29, 0.717) is 41.8 Å². The first kappa shape index (κ1) is 31.9. The molecule has 0 fully saturated rings. The zero-order valence-corrected chi connectivity index (χ0v) is 26.3. The molecule has 1 unspecified atom stereocenters. The van der Waals surface area contributed by atoms with Gasteiger partial charge in [-0.15, -0.1) is 0 Å². The number of likely N-dealkylation sites (N-methyl/N-ethyl adjacent to an activating group) is 1. The van der Waals surface area contributed by atoms with Crippen molar-refractivity contribution in [2.45, 2.75) is 30.8 Å². The number of anilines is 1. The normalized spacial score (nSPS) is 13.0. The summed E-state index contributed by atoms with van der Waals surface area (Å²) in [6, 6.07) is 28.1. The third-order valence-electron chi connectivity index (χ3n) is 7.34. The van der Waals surface area contributed by atoms with Gasteiger partial charge in [-0.1, -0.05) is 78.3 Å². The van der Waals surface area contributed by atoms with Crippen LogP contribution in [-0.4, -0.2) is 57.5 Å². The van der Waals surface area contributed by atoms with E-state index in [-0.39, 0.29) is 29.5 Å². The third-order valence-corrected chi connectivity index (χ3v) is 9.50. The summed E-state index contributed by atoms with van der Waals surface area (Å²) < 4.78 is 40.7. The van der Waals surface area contributed by atoms with E-state index in [1.54, 1.807) is 67.6 Å². The molecule has 1 aliphatic heterocycles. The average molecular weight is 648 g/mol. The van der Waals surface area contributed by atoms with Crippen LogP contribution < -0.4 is 19.1 Å². The fourth-order valence-corrected chi connectivity index (χ4v) is 6.71. The summed E-state index contributed by atoms with van der Waals surface area (Å²) in [5.74, 6) is -0.0976. The van der Waals surface area contributed by atoms with Crippen LogP contribution in [0.3, 0.4) is 0 Å². The van der Waals surface area contributed by atoms with Gasteiger partial charge in [0.15, 0.2) is 11.5 Å². The van der Waals surface area contributed by atoms with Crippen LogP contribution >= 0.6 is 11.6 Å². The van der Waals surface area contributed by atoms with Crippen LogP contribution in [0.2, 0.25) is 5.02 Å². The van der Waals surface area contributed by atoms with Crippen molar-refractivity contribution in [2.75, 3.05) is 30.6 Å². The van der Waals surface area contributed by atoms with Crippen LogP contribution in [0.1, 0.15) is 18.1 Å². The van der Waals surface area contributed by atoms with E-state index in [1.165, 1.54) is 17.0 Å². The minimum Gasteiger partial charge on any atom is -0.486 e. The van der Waals surface area contributed by atoms with Crippen LogP contribution in [0.5, 0.6) is 11.5 Å². The van der Waals surface area contributed by atoms with Crippen molar-refractivity contribution in [1.82, 2.24) is 10.2 Å². The number of carbonyl (C=O) groups is 2. The van der Waals surface area contributed by atoms with Gasteiger partial charge in [0.25, 0.3) is 10.0 Å². The molecule has 0 spiro atoms. The van der Waals surface area contributed by atoms with E-state index in [9.17, 15) is 18.0 Å². The Balaban J connectivity index is 1.58. The Hall–Kier alpha value is -4.54. The van der Waals surface area contributed by atoms with Crippen molar-refractivity contribution >= 4 is 39.1 Å². The molecule has 1 heterocycles. The van der Waals surface area contributed by atoms with Crippen LogP contribution in [-0.2, 0) is 32.6 Å². The quantitative estimate of drug-likeness (QED) is 0.230. The summed E-state index contributed by atoms with van der Waals surface area (Å²) in [4.78, 5) is 29.5. The van der Waals surface area contributed by atoms with Gasteiger partial charge < -0.3 is 19.7 Å². The van der Waals surface area contributed by atoms with Crippen LogP contribution in [0, 0.1) is 0 Å². The van der Waals surface area contributed by atoms with Crippen molar-refractivity contribution in [1.29, 1.82) is 0 Å². The van der Waals surface area contributed by atoms with Crippen molar-refractivity contribution < 1.29 is 27.5 Å². The lowest BCUT2D eigenvalue weighted by Gasteiger charge is -2.34. The predicted octanol–water partition coefficient (Wildman–Crippen LogP) is 5.08. The lowest BCUT2D eigenvalue weighted by molar-refractivity contribution is -0.140. The Morgan fingerprint density at radius 1 is 0.867 bits per heavy atom. The third kappa shape index (κ3) is 7.58. The number of ether oxygens (including phenoxy) is 2. The molecule has 234 valence electrons. The Morgan fingerprint density at radius 3 is 2.20 bits per heavy atom. The largest absolute Gasteiger partial charge is 0.486 e. The summed E-state index contributed by atoms with van der Waals surface area (Å²) in [6.07, 6.45) is 0.207. The fraction of sp³-hybridized carbons (Fsp3) is 0.235. The van der Waals surface area contributed by atoms with Gasteiger partial charge in [0.05, 0.1) is 10.6 Å². The van der Waals surface area contributed by atoms with E-state index < -0.39 is 28.5 Å². The summed E-state index contributed by atoms with van der Waals surface area (Å²) in [5, 5.41) is 3.27. The number of fused-ring (bicyclic) bond motifs is 1. The number of hydrogen-bond acceptors (Lipinski definition) is 6. The number of sulfonamides is 1. The van der Waals surface area contributed by atoms with Gasteiger partial charge in [-0.05, 0) is 48.4 Å². The molecule has 0 aromatic heterocycles. The van der Waals surface area contributed by atoms with Gasteiger partial charge >= 0.3 is 0 Å².